The lowest BCUT2D eigenvalue weighted by Crippen LogP contribution is -2.69. The van der Waals surface area contributed by atoms with E-state index in [4.69, 9.17) is 14.2 Å². The minimum absolute atomic E-state index is 0.0830. The van der Waals surface area contributed by atoms with Gasteiger partial charge >= 0.3 is 5.97 Å². The van der Waals surface area contributed by atoms with Crippen molar-refractivity contribution in [2.24, 2.45) is 23.2 Å². The summed E-state index contributed by atoms with van der Waals surface area (Å²) in [5.74, 6) is -0.924. The molecule has 4 saturated carbocycles. The summed E-state index contributed by atoms with van der Waals surface area (Å²) in [6.45, 7) is 2.58. The average Bonchev–Trinajstić information content (AvgIpc) is 2.58. The number of alkyl halides is 1. The van der Waals surface area contributed by atoms with Crippen LogP contribution < -0.4 is 0 Å². The van der Waals surface area contributed by atoms with E-state index in [9.17, 15) is 19.4 Å². The van der Waals surface area contributed by atoms with Crippen molar-refractivity contribution in [2.75, 3.05) is 26.4 Å². The number of halogens is 1. The van der Waals surface area contributed by atoms with Gasteiger partial charge in [-0.25, -0.2) is 9.18 Å². The first-order valence-corrected chi connectivity index (χ1v) is 9.58. The number of carbonyl (C=O) groups excluding carboxylic acids is 1. The zero-order valence-electron chi connectivity index (χ0n) is 15.5. The number of ether oxygens (including phenoxy) is 3. The van der Waals surface area contributed by atoms with Crippen molar-refractivity contribution in [3.8, 4) is 0 Å². The Labute approximate surface area is 153 Å². The number of aliphatic hydroxyl groups is 2. The summed E-state index contributed by atoms with van der Waals surface area (Å²) in [5.41, 5.74) is -3.37. The summed E-state index contributed by atoms with van der Waals surface area (Å²) < 4.78 is 32.1. The zero-order valence-corrected chi connectivity index (χ0v) is 15.5. The van der Waals surface area contributed by atoms with Gasteiger partial charge in [-0.15, -0.1) is 0 Å². The van der Waals surface area contributed by atoms with Gasteiger partial charge in [-0.3, -0.25) is 0 Å². The summed E-state index contributed by atoms with van der Waals surface area (Å²) in [4.78, 5) is 12.2. The Balaban J connectivity index is 1.53. The van der Waals surface area contributed by atoms with Crippen molar-refractivity contribution < 1.29 is 33.6 Å². The van der Waals surface area contributed by atoms with E-state index in [-0.39, 0.29) is 38.3 Å². The molecule has 4 aliphatic carbocycles. The van der Waals surface area contributed by atoms with Crippen LogP contribution in [0.25, 0.3) is 0 Å². The smallest absolute Gasteiger partial charge is 0.343 e. The molecule has 0 aromatic carbocycles. The second kappa shape index (κ2) is 5.87. The summed E-state index contributed by atoms with van der Waals surface area (Å²) in [6, 6.07) is 0. The lowest BCUT2D eigenvalue weighted by Gasteiger charge is -2.65. The van der Waals surface area contributed by atoms with Crippen LogP contribution in [0.5, 0.6) is 0 Å². The normalized spacial score (nSPS) is 40.0. The number of carbonyl (C=O) groups is 1. The minimum Gasteiger partial charge on any atom is -0.457 e. The number of esters is 1. The van der Waals surface area contributed by atoms with E-state index in [2.05, 4.69) is 0 Å². The summed E-state index contributed by atoms with van der Waals surface area (Å²) in [5, 5.41) is 19.2. The first-order chi connectivity index (χ1) is 12.2. The summed E-state index contributed by atoms with van der Waals surface area (Å²) in [7, 11) is 0. The molecule has 5 fully saturated rings. The average molecular weight is 372 g/mol. The Morgan fingerprint density at radius 2 is 1.65 bits per heavy atom. The van der Waals surface area contributed by atoms with Crippen LogP contribution in [0, 0.1) is 23.2 Å². The van der Waals surface area contributed by atoms with Crippen molar-refractivity contribution in [3.05, 3.63) is 0 Å². The molecule has 6 nitrogen and oxygen atoms in total. The molecule has 1 spiro atoms. The molecule has 2 atom stereocenters. The standard InChI is InChI=1S/C19H29FO6/c1-16(2,20)15(23)26-18-5-12-3-13(6-18)19(14(4-12)7-18)24-10-17(8-21,9-22)11-25-19/h12-14,21-22H,3-11H2,1-2H3. The highest BCUT2D eigenvalue weighted by molar-refractivity contribution is 5.78. The lowest BCUT2D eigenvalue weighted by molar-refractivity contribution is -0.396. The van der Waals surface area contributed by atoms with E-state index in [1.807, 2.05) is 0 Å². The topological polar surface area (TPSA) is 85.2 Å². The van der Waals surface area contributed by atoms with E-state index in [1.165, 1.54) is 13.8 Å². The Hall–Kier alpha value is -0.760. The maximum Gasteiger partial charge on any atom is 0.343 e. The third kappa shape index (κ3) is 2.70. The highest BCUT2D eigenvalue weighted by Crippen LogP contribution is 2.63. The quantitative estimate of drug-likeness (QED) is 0.729. The van der Waals surface area contributed by atoms with Crippen LogP contribution in [0.4, 0.5) is 4.39 Å². The highest BCUT2D eigenvalue weighted by Gasteiger charge is 2.67. The van der Waals surface area contributed by atoms with Crippen LogP contribution in [-0.2, 0) is 19.0 Å². The molecule has 148 valence electrons. The fourth-order valence-corrected chi connectivity index (χ4v) is 5.62. The van der Waals surface area contributed by atoms with Crippen molar-refractivity contribution in [1.82, 2.24) is 0 Å². The third-order valence-corrected chi connectivity index (χ3v) is 6.94. The van der Waals surface area contributed by atoms with Crippen LogP contribution in [0.15, 0.2) is 0 Å². The van der Waals surface area contributed by atoms with Gasteiger partial charge in [-0.1, -0.05) is 0 Å². The molecule has 1 heterocycles. The van der Waals surface area contributed by atoms with Gasteiger partial charge in [0.05, 0.1) is 31.8 Å². The number of aliphatic hydroxyl groups excluding tert-OH is 2. The van der Waals surface area contributed by atoms with Crippen molar-refractivity contribution in [1.29, 1.82) is 0 Å². The van der Waals surface area contributed by atoms with Crippen LogP contribution in [0.3, 0.4) is 0 Å². The van der Waals surface area contributed by atoms with E-state index in [0.29, 0.717) is 18.8 Å². The zero-order chi connectivity index (χ0) is 18.8. The van der Waals surface area contributed by atoms with Gasteiger partial charge < -0.3 is 24.4 Å². The Kier molecular flexibility index (Phi) is 4.20. The first kappa shape index (κ1) is 18.6. The molecule has 1 aliphatic heterocycles. The van der Waals surface area contributed by atoms with Crippen molar-refractivity contribution in [2.45, 2.75) is 63.0 Å². The van der Waals surface area contributed by atoms with E-state index in [0.717, 1.165) is 19.3 Å². The number of hydrogen-bond donors (Lipinski definition) is 2. The van der Waals surface area contributed by atoms with Crippen molar-refractivity contribution in [3.63, 3.8) is 0 Å². The molecule has 4 bridgehead atoms. The SMILES string of the molecule is CC(C)(F)C(=O)OC12CC3CC(C1)C1(OCC(CO)(CO)CO1)C(C3)C2. The molecule has 5 rings (SSSR count). The number of hydrogen-bond acceptors (Lipinski definition) is 6. The monoisotopic (exact) mass is 372 g/mol. The van der Waals surface area contributed by atoms with Gasteiger partial charge in [0.1, 0.15) is 5.60 Å². The predicted molar refractivity (Wildman–Crippen MR) is 88.8 cm³/mol. The third-order valence-electron chi connectivity index (χ3n) is 6.94. The van der Waals surface area contributed by atoms with E-state index < -0.39 is 28.4 Å². The maximum atomic E-state index is 14.0. The van der Waals surface area contributed by atoms with Crippen LogP contribution in [-0.4, -0.2) is 59.7 Å². The van der Waals surface area contributed by atoms with Crippen LogP contribution in [0.1, 0.15) is 46.0 Å². The van der Waals surface area contributed by atoms with E-state index >= 15 is 0 Å². The molecule has 26 heavy (non-hydrogen) atoms. The second-order valence-electron chi connectivity index (χ2n) is 9.50. The molecule has 0 radical (unpaired) electrons. The first-order valence-electron chi connectivity index (χ1n) is 9.58. The summed E-state index contributed by atoms with van der Waals surface area (Å²) in [6.07, 6.45) is 3.91. The molecule has 7 heteroatoms. The van der Waals surface area contributed by atoms with Gasteiger partial charge in [0.25, 0.3) is 0 Å². The molecule has 0 aromatic rings. The fourth-order valence-electron chi connectivity index (χ4n) is 5.62. The molecule has 5 aliphatic rings. The Morgan fingerprint density at radius 3 is 2.12 bits per heavy atom. The van der Waals surface area contributed by atoms with Crippen molar-refractivity contribution >= 4 is 5.97 Å². The lowest BCUT2D eigenvalue weighted by atomic mass is 9.51. The second-order valence-corrected chi connectivity index (χ2v) is 9.50. The Bertz CT molecular complexity index is 553. The molecule has 2 unspecified atom stereocenters. The molecule has 2 N–H and O–H groups in total. The molecule has 0 amide bonds. The maximum absolute atomic E-state index is 14.0. The molecule has 0 aromatic heterocycles. The largest absolute Gasteiger partial charge is 0.457 e. The van der Waals surface area contributed by atoms with Gasteiger partial charge in [-0.05, 0) is 51.9 Å². The minimum atomic E-state index is -2.00. The van der Waals surface area contributed by atoms with E-state index in [1.54, 1.807) is 0 Å². The Morgan fingerprint density at radius 1 is 1.12 bits per heavy atom. The molecular weight excluding hydrogens is 343 g/mol. The van der Waals surface area contributed by atoms with Gasteiger partial charge in [0.15, 0.2) is 5.79 Å². The highest BCUT2D eigenvalue weighted by atomic mass is 19.1. The molecule has 1 saturated heterocycles. The van der Waals surface area contributed by atoms with Gasteiger partial charge in [0, 0.05) is 11.8 Å². The van der Waals surface area contributed by atoms with Crippen LogP contribution >= 0.6 is 0 Å². The number of rotatable bonds is 4. The van der Waals surface area contributed by atoms with Gasteiger partial charge in [-0.2, -0.15) is 0 Å². The molecular formula is C19H29FO6. The summed E-state index contributed by atoms with van der Waals surface area (Å²) >= 11 is 0. The van der Waals surface area contributed by atoms with Gasteiger partial charge in [0.2, 0.25) is 5.67 Å². The van der Waals surface area contributed by atoms with Crippen LogP contribution in [0.2, 0.25) is 0 Å². The fraction of sp³-hybridized carbons (Fsp3) is 0.947. The predicted octanol–water partition coefficient (Wildman–Crippen LogP) is 1.57.